The number of rotatable bonds is 25. The number of hydrogen-bond donors (Lipinski definition) is 2. The first-order valence-corrected chi connectivity index (χ1v) is 22.4. The highest BCUT2D eigenvalue weighted by Crippen LogP contribution is 2.38. The van der Waals surface area contributed by atoms with Crippen molar-refractivity contribution in [1.29, 1.82) is 0 Å². The maximum atomic E-state index is 13.6. The number of fused-ring (bicyclic) bond motifs is 2. The van der Waals surface area contributed by atoms with E-state index in [1.165, 1.54) is 140 Å². The lowest BCUT2D eigenvalue weighted by Crippen LogP contribution is -2.11. The summed E-state index contributed by atoms with van der Waals surface area (Å²) in [6.45, 7) is 4.56. The lowest BCUT2D eigenvalue weighted by atomic mass is 9.98. The van der Waals surface area contributed by atoms with Crippen LogP contribution in [0.1, 0.15) is 169 Å². The van der Waals surface area contributed by atoms with Crippen molar-refractivity contribution in [1.82, 2.24) is 4.98 Å². The lowest BCUT2D eigenvalue weighted by Gasteiger charge is -2.06. The fourth-order valence-corrected chi connectivity index (χ4v) is 8.36. The first-order chi connectivity index (χ1) is 27.6. The zero-order valence-electron chi connectivity index (χ0n) is 34.4. The molecule has 2 N–H and O–H groups in total. The van der Waals surface area contributed by atoms with Crippen molar-refractivity contribution >= 4 is 28.1 Å². The number of Topliss-reactive ketones (excluding diaryl/α,β-unsaturated/α-hetero) is 1. The van der Waals surface area contributed by atoms with Gasteiger partial charge in [0.15, 0.2) is 5.75 Å². The second kappa shape index (κ2) is 21.8. The summed E-state index contributed by atoms with van der Waals surface area (Å²) in [5, 5.41) is 12.0. The number of aryl methyl sites for hydroxylation is 2. The van der Waals surface area contributed by atoms with E-state index in [0.29, 0.717) is 22.3 Å². The predicted octanol–water partition coefficient (Wildman–Crippen LogP) is 15.5. The highest BCUT2D eigenvalue weighted by molar-refractivity contribution is 6.55. The highest BCUT2D eigenvalue weighted by atomic mass is 16.3. The molecule has 0 fully saturated rings. The van der Waals surface area contributed by atoms with Gasteiger partial charge in [-0.2, -0.15) is 0 Å². The van der Waals surface area contributed by atoms with Gasteiger partial charge in [0.2, 0.25) is 5.78 Å². The van der Waals surface area contributed by atoms with Crippen LogP contribution in [-0.2, 0) is 12.8 Å². The molecule has 2 heterocycles. The lowest BCUT2D eigenvalue weighted by molar-refractivity contribution is 0.106. The van der Waals surface area contributed by atoms with Crippen molar-refractivity contribution in [2.75, 3.05) is 0 Å². The van der Waals surface area contributed by atoms with Crippen molar-refractivity contribution in [3.8, 4) is 28.0 Å². The summed E-state index contributed by atoms with van der Waals surface area (Å²) in [6.07, 6.45) is 29.3. The van der Waals surface area contributed by atoms with E-state index in [4.69, 9.17) is 4.99 Å². The molecule has 4 nitrogen and oxygen atoms in total. The molecule has 1 aliphatic heterocycles. The molecule has 6 rings (SSSR count). The molecule has 5 aromatic rings. The van der Waals surface area contributed by atoms with Crippen LogP contribution in [-0.4, -0.2) is 21.6 Å². The van der Waals surface area contributed by atoms with Gasteiger partial charge in [0.05, 0.1) is 11.2 Å². The van der Waals surface area contributed by atoms with Gasteiger partial charge in [0.1, 0.15) is 11.4 Å². The molecule has 0 amide bonds. The maximum absolute atomic E-state index is 13.6. The molecule has 0 aliphatic carbocycles. The Morgan fingerprint density at radius 2 is 0.929 bits per heavy atom. The largest absolute Gasteiger partial charge is 0.505 e. The third-order valence-electron chi connectivity index (χ3n) is 11.9. The molecule has 0 atom stereocenters. The Morgan fingerprint density at radius 3 is 1.43 bits per heavy atom. The standard InChI is InChI=1S/C52H66N2O2/c1-3-5-7-9-11-13-15-17-19-21-23-39-25-29-41(30-26-39)43-33-35-45-47(37-43)53-49(51(45)55)50-52(56)46-36-34-44(38-48(46)54-50)42-31-27-40(28-32-42)24-22-20-18-16-14-12-10-8-6-4-2/h25-38,53,55H,3-24H2,1-2H3. The Kier molecular flexibility index (Phi) is 16.0. The van der Waals surface area contributed by atoms with Crippen LogP contribution < -0.4 is 0 Å². The van der Waals surface area contributed by atoms with Crippen molar-refractivity contribution in [3.63, 3.8) is 0 Å². The minimum absolute atomic E-state index is 0.0662. The molecule has 296 valence electrons. The molecule has 4 aromatic carbocycles. The second-order valence-electron chi connectivity index (χ2n) is 16.4. The van der Waals surface area contributed by atoms with E-state index in [2.05, 4.69) is 73.4 Å². The van der Waals surface area contributed by atoms with Gasteiger partial charge in [-0.3, -0.25) is 4.79 Å². The number of ketones is 1. The summed E-state index contributed by atoms with van der Waals surface area (Å²) >= 11 is 0. The van der Waals surface area contributed by atoms with Crippen LogP contribution in [0.25, 0.3) is 33.2 Å². The van der Waals surface area contributed by atoms with Gasteiger partial charge in [-0.1, -0.05) is 190 Å². The van der Waals surface area contributed by atoms with Crippen LogP contribution in [0.3, 0.4) is 0 Å². The Bertz CT molecular complexity index is 2000. The van der Waals surface area contributed by atoms with E-state index in [1.807, 2.05) is 30.3 Å². The number of aliphatic imine (C=N–C) groups is 1. The third kappa shape index (κ3) is 11.3. The molecule has 0 unspecified atom stereocenters. The maximum Gasteiger partial charge on any atom is 0.215 e. The van der Waals surface area contributed by atoms with Crippen LogP contribution in [0.5, 0.6) is 5.75 Å². The number of carbonyl (C=O) groups is 1. The molecule has 0 saturated carbocycles. The molecule has 0 saturated heterocycles. The summed E-state index contributed by atoms with van der Waals surface area (Å²) in [5.74, 6) is -0.102. The number of hydrogen-bond acceptors (Lipinski definition) is 3. The Morgan fingerprint density at radius 1 is 0.500 bits per heavy atom. The van der Waals surface area contributed by atoms with Gasteiger partial charge in [-0.05, 0) is 83.3 Å². The fraction of sp³-hybridized carbons (Fsp3) is 0.462. The molecule has 56 heavy (non-hydrogen) atoms. The summed E-state index contributed by atoms with van der Waals surface area (Å²) in [7, 11) is 0. The molecule has 4 heteroatoms. The molecular formula is C52H66N2O2. The Labute approximate surface area is 337 Å². The number of H-pyrrole nitrogens is 1. The van der Waals surface area contributed by atoms with Crippen molar-refractivity contribution in [2.45, 2.75) is 155 Å². The molecule has 1 aliphatic rings. The van der Waals surface area contributed by atoms with Crippen molar-refractivity contribution in [2.24, 2.45) is 4.99 Å². The van der Waals surface area contributed by atoms with Crippen molar-refractivity contribution in [3.05, 3.63) is 107 Å². The van der Waals surface area contributed by atoms with Gasteiger partial charge in [0.25, 0.3) is 0 Å². The molecular weight excluding hydrogens is 685 g/mol. The number of carbonyl (C=O) groups excluding carboxylic acids is 1. The number of aromatic hydroxyl groups is 1. The van der Waals surface area contributed by atoms with Crippen LogP contribution in [0, 0.1) is 0 Å². The van der Waals surface area contributed by atoms with E-state index in [9.17, 15) is 9.90 Å². The quantitative estimate of drug-likeness (QED) is 0.0583. The minimum Gasteiger partial charge on any atom is -0.505 e. The van der Waals surface area contributed by atoms with Gasteiger partial charge >= 0.3 is 0 Å². The highest BCUT2D eigenvalue weighted by Gasteiger charge is 2.30. The number of nitrogens with one attached hydrogen (secondary N) is 1. The number of nitrogens with zero attached hydrogens (tertiary/aromatic N) is 1. The topological polar surface area (TPSA) is 65.4 Å². The van der Waals surface area contributed by atoms with E-state index < -0.39 is 0 Å². The Balaban J connectivity index is 1.01. The van der Waals surface area contributed by atoms with Gasteiger partial charge < -0.3 is 10.1 Å². The zero-order valence-corrected chi connectivity index (χ0v) is 34.4. The first-order valence-electron chi connectivity index (χ1n) is 22.4. The van der Waals surface area contributed by atoms with E-state index in [0.717, 1.165) is 40.6 Å². The molecule has 1 aromatic heterocycles. The van der Waals surface area contributed by atoms with Crippen LogP contribution in [0.4, 0.5) is 5.69 Å². The average Bonchev–Trinajstić information content (AvgIpc) is 3.74. The van der Waals surface area contributed by atoms with E-state index in [-0.39, 0.29) is 17.2 Å². The van der Waals surface area contributed by atoms with E-state index in [1.54, 1.807) is 0 Å². The Hall–Kier alpha value is -4.44. The smallest absolute Gasteiger partial charge is 0.215 e. The van der Waals surface area contributed by atoms with Gasteiger partial charge in [0, 0.05) is 10.9 Å². The predicted molar refractivity (Wildman–Crippen MR) is 239 cm³/mol. The van der Waals surface area contributed by atoms with Crippen LogP contribution in [0.2, 0.25) is 0 Å². The molecule has 0 radical (unpaired) electrons. The SMILES string of the molecule is CCCCCCCCCCCCc1ccc(-c2ccc3c(c2)N=C(c2[nH]c4cc(-c5ccc(CCCCCCCCCCCC)cc5)ccc4c2O)C3=O)cc1. The summed E-state index contributed by atoms with van der Waals surface area (Å²) < 4.78 is 0. The van der Waals surface area contributed by atoms with Gasteiger partial charge in [-0.25, -0.2) is 4.99 Å². The fourth-order valence-electron chi connectivity index (χ4n) is 8.36. The number of unbranched alkanes of at least 4 members (excludes halogenated alkanes) is 18. The van der Waals surface area contributed by atoms with Gasteiger partial charge in [-0.15, -0.1) is 0 Å². The normalized spacial score (nSPS) is 12.5. The minimum atomic E-state index is -0.168. The third-order valence-corrected chi connectivity index (χ3v) is 11.9. The number of aromatic nitrogens is 1. The van der Waals surface area contributed by atoms with Crippen LogP contribution in [0.15, 0.2) is 89.9 Å². The van der Waals surface area contributed by atoms with E-state index >= 15 is 0 Å². The monoisotopic (exact) mass is 751 g/mol. The molecule has 0 bridgehead atoms. The average molecular weight is 751 g/mol. The zero-order chi connectivity index (χ0) is 39.0. The number of aromatic amines is 1. The molecule has 0 spiro atoms. The number of benzene rings is 4. The first kappa shape index (κ1) is 41.2. The van der Waals surface area contributed by atoms with Crippen LogP contribution >= 0.6 is 0 Å². The second-order valence-corrected chi connectivity index (χ2v) is 16.4. The summed E-state index contributed by atoms with van der Waals surface area (Å²) in [6, 6.07) is 29.6. The summed E-state index contributed by atoms with van der Waals surface area (Å²) in [5.41, 5.74) is 9.74. The summed E-state index contributed by atoms with van der Waals surface area (Å²) in [4.78, 5) is 21.7. The van der Waals surface area contributed by atoms with Crippen molar-refractivity contribution < 1.29 is 9.90 Å².